The molecular formula is C15H16BrNO. The minimum atomic E-state index is 0.0934. The molecule has 0 aliphatic rings. The first-order chi connectivity index (χ1) is 8.79. The van der Waals surface area contributed by atoms with Crippen molar-refractivity contribution >= 4 is 15.9 Å². The summed E-state index contributed by atoms with van der Waals surface area (Å²) in [4.78, 5) is 0. The average Bonchev–Trinajstić information content (AvgIpc) is 2.41. The van der Waals surface area contributed by atoms with Crippen LogP contribution in [0.4, 0.5) is 0 Å². The Labute approximate surface area is 116 Å². The Morgan fingerprint density at radius 1 is 0.889 bits per heavy atom. The van der Waals surface area contributed by atoms with Crippen molar-refractivity contribution in [2.45, 2.75) is 19.7 Å². The van der Waals surface area contributed by atoms with E-state index in [4.69, 9.17) is 0 Å². The zero-order chi connectivity index (χ0) is 12.8. The molecular weight excluding hydrogens is 290 g/mol. The first-order valence-electron chi connectivity index (χ1n) is 5.92. The third-order valence-electron chi connectivity index (χ3n) is 2.85. The summed E-state index contributed by atoms with van der Waals surface area (Å²) in [6.45, 7) is 1.69. The molecule has 2 N–H and O–H groups in total. The molecule has 0 amide bonds. The Morgan fingerprint density at radius 3 is 2.22 bits per heavy atom. The molecule has 2 aromatic carbocycles. The molecule has 2 aromatic rings. The van der Waals surface area contributed by atoms with Crippen LogP contribution in [0, 0.1) is 0 Å². The molecule has 0 fully saturated rings. The minimum absolute atomic E-state index is 0.0934. The topological polar surface area (TPSA) is 32.3 Å². The quantitative estimate of drug-likeness (QED) is 0.889. The third kappa shape index (κ3) is 3.67. The predicted octanol–water partition coefficient (Wildman–Crippen LogP) is 3.23. The van der Waals surface area contributed by atoms with E-state index in [-0.39, 0.29) is 6.61 Å². The van der Waals surface area contributed by atoms with Gasteiger partial charge in [0, 0.05) is 17.6 Å². The molecule has 0 heterocycles. The van der Waals surface area contributed by atoms with Crippen LogP contribution in [0.1, 0.15) is 16.7 Å². The molecule has 0 aliphatic heterocycles. The molecule has 3 heteroatoms. The zero-order valence-corrected chi connectivity index (χ0v) is 11.7. The predicted molar refractivity (Wildman–Crippen MR) is 77.1 cm³/mol. The second-order valence-corrected chi connectivity index (χ2v) is 5.07. The molecule has 0 saturated carbocycles. The van der Waals surface area contributed by atoms with E-state index >= 15 is 0 Å². The first-order valence-corrected chi connectivity index (χ1v) is 6.71. The highest BCUT2D eigenvalue weighted by Gasteiger charge is 2.00. The molecule has 0 spiro atoms. The summed E-state index contributed by atoms with van der Waals surface area (Å²) in [5, 5.41) is 12.6. The van der Waals surface area contributed by atoms with Crippen LogP contribution < -0.4 is 5.32 Å². The maximum Gasteiger partial charge on any atom is 0.0685 e. The highest BCUT2D eigenvalue weighted by atomic mass is 79.9. The van der Waals surface area contributed by atoms with Gasteiger partial charge in [0.2, 0.25) is 0 Å². The first kappa shape index (κ1) is 13.3. The SMILES string of the molecule is OCc1ccccc1CNCc1ccc(Br)cc1. The maximum absolute atomic E-state index is 9.23. The highest BCUT2D eigenvalue weighted by Crippen LogP contribution is 2.11. The van der Waals surface area contributed by atoms with Crippen molar-refractivity contribution in [3.05, 3.63) is 69.7 Å². The third-order valence-corrected chi connectivity index (χ3v) is 3.38. The smallest absolute Gasteiger partial charge is 0.0685 e. The van der Waals surface area contributed by atoms with E-state index in [2.05, 4.69) is 33.4 Å². The van der Waals surface area contributed by atoms with Gasteiger partial charge >= 0.3 is 0 Å². The molecule has 94 valence electrons. The van der Waals surface area contributed by atoms with Crippen molar-refractivity contribution < 1.29 is 5.11 Å². The average molecular weight is 306 g/mol. The number of aliphatic hydroxyl groups excluding tert-OH is 1. The molecule has 0 radical (unpaired) electrons. The fourth-order valence-corrected chi connectivity index (χ4v) is 2.09. The zero-order valence-electron chi connectivity index (χ0n) is 10.1. The van der Waals surface area contributed by atoms with Crippen molar-refractivity contribution in [3.63, 3.8) is 0 Å². The van der Waals surface area contributed by atoms with Crippen LogP contribution in [-0.4, -0.2) is 5.11 Å². The van der Waals surface area contributed by atoms with E-state index in [0.29, 0.717) is 0 Å². The molecule has 0 unspecified atom stereocenters. The summed E-state index contributed by atoms with van der Waals surface area (Å²) in [5.41, 5.74) is 3.39. The van der Waals surface area contributed by atoms with E-state index in [1.807, 2.05) is 36.4 Å². The number of hydrogen-bond acceptors (Lipinski definition) is 2. The number of aliphatic hydroxyl groups is 1. The number of halogens is 1. The molecule has 0 aromatic heterocycles. The highest BCUT2D eigenvalue weighted by molar-refractivity contribution is 9.10. The van der Waals surface area contributed by atoms with E-state index < -0.39 is 0 Å². The summed E-state index contributed by atoms with van der Waals surface area (Å²) < 4.78 is 1.09. The Balaban J connectivity index is 1.90. The van der Waals surface area contributed by atoms with Crippen LogP contribution in [0.2, 0.25) is 0 Å². The van der Waals surface area contributed by atoms with Gasteiger partial charge in [-0.25, -0.2) is 0 Å². The Kier molecular flexibility index (Phi) is 4.93. The van der Waals surface area contributed by atoms with E-state index in [0.717, 1.165) is 28.7 Å². The fourth-order valence-electron chi connectivity index (χ4n) is 1.83. The summed E-state index contributed by atoms with van der Waals surface area (Å²) in [5.74, 6) is 0. The summed E-state index contributed by atoms with van der Waals surface area (Å²) >= 11 is 3.42. The van der Waals surface area contributed by atoms with Crippen LogP contribution in [-0.2, 0) is 19.7 Å². The Hall–Kier alpha value is -1.16. The van der Waals surface area contributed by atoms with Crippen LogP contribution >= 0.6 is 15.9 Å². The van der Waals surface area contributed by atoms with E-state index in [1.165, 1.54) is 5.56 Å². The van der Waals surface area contributed by atoms with Crippen LogP contribution in [0.15, 0.2) is 53.0 Å². The fraction of sp³-hybridized carbons (Fsp3) is 0.200. The molecule has 0 aliphatic carbocycles. The molecule has 0 saturated heterocycles. The van der Waals surface area contributed by atoms with Crippen molar-refractivity contribution in [3.8, 4) is 0 Å². The largest absolute Gasteiger partial charge is 0.392 e. The van der Waals surface area contributed by atoms with Gasteiger partial charge in [-0.15, -0.1) is 0 Å². The van der Waals surface area contributed by atoms with Crippen LogP contribution in [0.3, 0.4) is 0 Å². The summed E-state index contributed by atoms with van der Waals surface area (Å²) in [6.07, 6.45) is 0. The van der Waals surface area contributed by atoms with E-state index in [9.17, 15) is 5.11 Å². The second kappa shape index (κ2) is 6.69. The molecule has 0 atom stereocenters. The summed E-state index contributed by atoms with van der Waals surface area (Å²) in [6, 6.07) is 16.2. The molecule has 2 nitrogen and oxygen atoms in total. The number of rotatable bonds is 5. The maximum atomic E-state index is 9.23. The number of nitrogens with one attached hydrogen (secondary N) is 1. The van der Waals surface area contributed by atoms with Crippen LogP contribution in [0.25, 0.3) is 0 Å². The Morgan fingerprint density at radius 2 is 1.56 bits per heavy atom. The normalized spacial score (nSPS) is 10.6. The van der Waals surface area contributed by atoms with Crippen molar-refractivity contribution in [2.75, 3.05) is 0 Å². The second-order valence-electron chi connectivity index (χ2n) is 4.16. The molecule has 18 heavy (non-hydrogen) atoms. The lowest BCUT2D eigenvalue weighted by Crippen LogP contribution is -2.13. The van der Waals surface area contributed by atoms with Crippen molar-refractivity contribution in [1.29, 1.82) is 0 Å². The lowest BCUT2D eigenvalue weighted by Gasteiger charge is -2.09. The van der Waals surface area contributed by atoms with Gasteiger partial charge in [0.1, 0.15) is 0 Å². The van der Waals surface area contributed by atoms with Gasteiger partial charge in [0.25, 0.3) is 0 Å². The lowest BCUT2D eigenvalue weighted by molar-refractivity contribution is 0.280. The number of benzene rings is 2. The van der Waals surface area contributed by atoms with Gasteiger partial charge < -0.3 is 10.4 Å². The van der Waals surface area contributed by atoms with Gasteiger partial charge in [-0.2, -0.15) is 0 Å². The van der Waals surface area contributed by atoms with Gasteiger partial charge in [-0.05, 0) is 28.8 Å². The van der Waals surface area contributed by atoms with Crippen molar-refractivity contribution in [1.82, 2.24) is 5.32 Å². The lowest BCUT2D eigenvalue weighted by atomic mass is 10.1. The van der Waals surface area contributed by atoms with E-state index in [1.54, 1.807) is 0 Å². The van der Waals surface area contributed by atoms with Gasteiger partial charge in [0.05, 0.1) is 6.61 Å². The van der Waals surface area contributed by atoms with Crippen molar-refractivity contribution in [2.24, 2.45) is 0 Å². The van der Waals surface area contributed by atoms with Gasteiger partial charge in [0.15, 0.2) is 0 Å². The minimum Gasteiger partial charge on any atom is -0.392 e. The van der Waals surface area contributed by atoms with Crippen LogP contribution in [0.5, 0.6) is 0 Å². The molecule has 2 rings (SSSR count). The Bertz CT molecular complexity index is 496. The number of hydrogen-bond donors (Lipinski definition) is 2. The summed E-state index contributed by atoms with van der Waals surface area (Å²) in [7, 11) is 0. The van der Waals surface area contributed by atoms with Gasteiger partial charge in [-0.3, -0.25) is 0 Å². The monoisotopic (exact) mass is 305 g/mol. The van der Waals surface area contributed by atoms with Gasteiger partial charge in [-0.1, -0.05) is 52.3 Å². The molecule has 0 bridgehead atoms. The standard InChI is InChI=1S/C15H16BrNO/c16-15-7-5-12(6-8-15)9-17-10-13-3-1-2-4-14(13)11-18/h1-8,17-18H,9-11H2.